The molecule has 0 atom stereocenters. The quantitative estimate of drug-likeness (QED) is 0.900. The molecule has 0 spiro atoms. The molecule has 1 aromatic heterocycles. The van der Waals surface area contributed by atoms with Gasteiger partial charge in [-0.05, 0) is 35.7 Å². The van der Waals surface area contributed by atoms with Gasteiger partial charge in [0, 0.05) is 6.42 Å². The van der Waals surface area contributed by atoms with Crippen LogP contribution in [0.3, 0.4) is 0 Å². The van der Waals surface area contributed by atoms with Crippen LogP contribution in [0.4, 0.5) is 0 Å². The van der Waals surface area contributed by atoms with Gasteiger partial charge in [-0.25, -0.2) is 0 Å². The molecular weight excluding hydrogens is 250 g/mol. The lowest BCUT2D eigenvalue weighted by Gasteiger charge is -2.03. The minimum Gasteiger partial charge on any atom is -0.448 e. The van der Waals surface area contributed by atoms with Crippen molar-refractivity contribution in [1.29, 1.82) is 0 Å². The second-order valence-corrected chi connectivity index (χ2v) is 4.34. The topological polar surface area (TPSA) is 42.2 Å². The summed E-state index contributed by atoms with van der Waals surface area (Å²) in [7, 11) is 0. The summed E-state index contributed by atoms with van der Waals surface area (Å²) in [4.78, 5) is 11.6. The van der Waals surface area contributed by atoms with Crippen molar-refractivity contribution in [2.45, 2.75) is 19.4 Å². The summed E-state index contributed by atoms with van der Waals surface area (Å²) in [6.07, 6.45) is 1.21. The molecular formula is C14H14ClNO2. The fourth-order valence-electron chi connectivity index (χ4n) is 1.62. The molecule has 94 valence electrons. The Hall–Kier alpha value is -1.74. The lowest BCUT2D eigenvalue weighted by atomic mass is 10.1. The lowest BCUT2D eigenvalue weighted by Crippen LogP contribution is -2.22. The molecule has 0 fully saturated rings. The number of hydrogen-bond acceptors (Lipinski definition) is 2. The first-order valence-electron chi connectivity index (χ1n) is 5.79. The number of amides is 1. The van der Waals surface area contributed by atoms with Crippen LogP contribution in [0.15, 0.2) is 46.9 Å². The third-order valence-electron chi connectivity index (χ3n) is 2.57. The Kier molecular flexibility index (Phi) is 4.42. The minimum atomic E-state index is 0.00590. The molecule has 0 saturated carbocycles. The fraction of sp³-hybridized carbons (Fsp3) is 0.214. The second kappa shape index (κ2) is 6.26. The van der Waals surface area contributed by atoms with Crippen molar-refractivity contribution in [2.75, 3.05) is 0 Å². The van der Waals surface area contributed by atoms with Gasteiger partial charge < -0.3 is 9.73 Å². The molecule has 18 heavy (non-hydrogen) atoms. The van der Waals surface area contributed by atoms with Gasteiger partial charge in [-0.1, -0.05) is 30.3 Å². The van der Waals surface area contributed by atoms with Crippen molar-refractivity contribution in [2.24, 2.45) is 0 Å². The Morgan fingerprint density at radius 2 is 1.94 bits per heavy atom. The van der Waals surface area contributed by atoms with E-state index in [1.165, 1.54) is 0 Å². The predicted molar refractivity (Wildman–Crippen MR) is 70.3 cm³/mol. The number of carbonyl (C=O) groups is 1. The minimum absolute atomic E-state index is 0.00590. The Bertz CT molecular complexity index is 508. The van der Waals surface area contributed by atoms with Gasteiger partial charge in [0.1, 0.15) is 5.76 Å². The molecule has 0 aliphatic heterocycles. The van der Waals surface area contributed by atoms with Gasteiger partial charge in [-0.2, -0.15) is 0 Å². The summed E-state index contributed by atoms with van der Waals surface area (Å²) in [5.74, 6) is 0.666. The third-order valence-corrected chi connectivity index (χ3v) is 2.78. The first-order valence-corrected chi connectivity index (χ1v) is 6.16. The molecule has 4 heteroatoms. The fourth-order valence-corrected chi connectivity index (χ4v) is 1.79. The van der Waals surface area contributed by atoms with Gasteiger partial charge in [-0.15, -0.1) is 0 Å². The Labute approximate surface area is 111 Å². The molecule has 0 aliphatic carbocycles. The molecule has 0 saturated heterocycles. The summed E-state index contributed by atoms with van der Waals surface area (Å²) in [6, 6.07) is 13.3. The van der Waals surface area contributed by atoms with E-state index in [0.717, 1.165) is 12.0 Å². The van der Waals surface area contributed by atoms with Gasteiger partial charge in [0.25, 0.3) is 0 Å². The van der Waals surface area contributed by atoms with Crippen LogP contribution in [0, 0.1) is 0 Å². The van der Waals surface area contributed by atoms with E-state index in [9.17, 15) is 4.79 Å². The molecule has 1 N–H and O–H groups in total. The summed E-state index contributed by atoms with van der Waals surface area (Å²) >= 11 is 5.64. The van der Waals surface area contributed by atoms with Crippen LogP contribution in [-0.4, -0.2) is 5.91 Å². The molecule has 3 nitrogen and oxygen atoms in total. The number of furan rings is 1. The Morgan fingerprint density at radius 1 is 1.17 bits per heavy atom. The zero-order chi connectivity index (χ0) is 12.8. The highest BCUT2D eigenvalue weighted by Gasteiger charge is 2.04. The number of rotatable bonds is 5. The Morgan fingerprint density at radius 3 is 2.61 bits per heavy atom. The van der Waals surface area contributed by atoms with Crippen molar-refractivity contribution >= 4 is 17.5 Å². The van der Waals surface area contributed by atoms with Crippen LogP contribution < -0.4 is 5.32 Å². The molecule has 2 aromatic rings. The SMILES string of the molecule is O=C(CCc1ccccc1)NCc1ccc(Cl)o1. The molecule has 1 heterocycles. The first kappa shape index (κ1) is 12.7. The third kappa shape index (κ3) is 3.93. The van der Waals surface area contributed by atoms with E-state index < -0.39 is 0 Å². The van der Waals surface area contributed by atoms with E-state index in [-0.39, 0.29) is 5.91 Å². The largest absolute Gasteiger partial charge is 0.448 e. The van der Waals surface area contributed by atoms with Crippen molar-refractivity contribution in [3.05, 3.63) is 59.0 Å². The number of nitrogens with one attached hydrogen (secondary N) is 1. The maximum absolute atomic E-state index is 11.6. The van der Waals surface area contributed by atoms with Crippen molar-refractivity contribution in [1.82, 2.24) is 5.32 Å². The zero-order valence-corrected chi connectivity index (χ0v) is 10.6. The average molecular weight is 264 g/mol. The molecule has 1 aromatic carbocycles. The number of aryl methyl sites for hydroxylation is 1. The van der Waals surface area contributed by atoms with Crippen LogP contribution >= 0.6 is 11.6 Å². The van der Waals surface area contributed by atoms with Crippen LogP contribution in [0.2, 0.25) is 5.22 Å². The van der Waals surface area contributed by atoms with E-state index in [0.29, 0.717) is 23.9 Å². The van der Waals surface area contributed by atoms with Gasteiger partial charge in [-0.3, -0.25) is 4.79 Å². The highest BCUT2D eigenvalue weighted by molar-refractivity contribution is 6.28. The van der Waals surface area contributed by atoms with Gasteiger partial charge >= 0.3 is 0 Å². The van der Waals surface area contributed by atoms with E-state index in [4.69, 9.17) is 16.0 Å². The number of hydrogen-bond donors (Lipinski definition) is 1. The van der Waals surface area contributed by atoms with E-state index in [1.54, 1.807) is 12.1 Å². The van der Waals surface area contributed by atoms with Gasteiger partial charge in [0.15, 0.2) is 5.22 Å². The van der Waals surface area contributed by atoms with E-state index >= 15 is 0 Å². The van der Waals surface area contributed by atoms with E-state index in [1.807, 2.05) is 30.3 Å². The summed E-state index contributed by atoms with van der Waals surface area (Å²) in [5.41, 5.74) is 1.16. The lowest BCUT2D eigenvalue weighted by molar-refractivity contribution is -0.121. The molecule has 0 aliphatic rings. The van der Waals surface area contributed by atoms with E-state index in [2.05, 4.69) is 5.32 Å². The summed E-state index contributed by atoms with van der Waals surface area (Å²) < 4.78 is 5.15. The Balaban J connectivity index is 1.73. The predicted octanol–water partition coefficient (Wildman–Crippen LogP) is 3.18. The first-order chi connectivity index (χ1) is 8.74. The van der Waals surface area contributed by atoms with Crippen molar-refractivity contribution < 1.29 is 9.21 Å². The number of halogens is 1. The maximum atomic E-state index is 11.6. The van der Waals surface area contributed by atoms with Gasteiger partial charge in [0.2, 0.25) is 5.91 Å². The van der Waals surface area contributed by atoms with Crippen LogP contribution in [-0.2, 0) is 17.8 Å². The highest BCUT2D eigenvalue weighted by atomic mass is 35.5. The molecule has 0 radical (unpaired) electrons. The van der Waals surface area contributed by atoms with Crippen molar-refractivity contribution in [3.8, 4) is 0 Å². The monoisotopic (exact) mass is 263 g/mol. The standard InChI is InChI=1S/C14H14ClNO2/c15-13-8-7-12(18-13)10-16-14(17)9-6-11-4-2-1-3-5-11/h1-5,7-8H,6,9-10H2,(H,16,17). The molecule has 0 bridgehead atoms. The summed E-state index contributed by atoms with van der Waals surface area (Å²) in [5, 5.41) is 3.13. The number of carbonyl (C=O) groups excluding carboxylic acids is 1. The van der Waals surface area contributed by atoms with Gasteiger partial charge in [0.05, 0.1) is 6.54 Å². The van der Waals surface area contributed by atoms with Crippen LogP contribution in [0.1, 0.15) is 17.7 Å². The number of benzene rings is 1. The summed E-state index contributed by atoms with van der Waals surface area (Å²) in [6.45, 7) is 0.375. The van der Waals surface area contributed by atoms with Crippen LogP contribution in [0.25, 0.3) is 0 Å². The smallest absolute Gasteiger partial charge is 0.220 e. The molecule has 0 unspecified atom stereocenters. The molecule has 2 rings (SSSR count). The van der Waals surface area contributed by atoms with Crippen LogP contribution in [0.5, 0.6) is 0 Å². The molecule has 1 amide bonds. The van der Waals surface area contributed by atoms with Crippen molar-refractivity contribution in [3.63, 3.8) is 0 Å². The maximum Gasteiger partial charge on any atom is 0.220 e. The zero-order valence-electron chi connectivity index (χ0n) is 9.86. The average Bonchev–Trinajstić information content (AvgIpc) is 2.81. The second-order valence-electron chi connectivity index (χ2n) is 3.97. The normalized spacial score (nSPS) is 10.3. The highest BCUT2D eigenvalue weighted by Crippen LogP contribution is 2.12.